The van der Waals surface area contributed by atoms with E-state index in [2.05, 4.69) is 10.6 Å². The zero-order chi connectivity index (χ0) is 15.8. The lowest BCUT2D eigenvalue weighted by Gasteiger charge is -2.06. The van der Waals surface area contributed by atoms with Gasteiger partial charge in [0, 0.05) is 18.6 Å². The Balaban J connectivity index is 1.81. The van der Waals surface area contributed by atoms with Crippen molar-refractivity contribution < 1.29 is 14.3 Å². The summed E-state index contributed by atoms with van der Waals surface area (Å²) in [6, 6.07) is 13.6. The molecular weight excluding hydrogens is 300 g/mol. The highest BCUT2D eigenvalue weighted by Crippen LogP contribution is 2.23. The average molecular weight is 318 g/mol. The third-order valence-corrected chi connectivity index (χ3v) is 3.93. The van der Waals surface area contributed by atoms with Crippen LogP contribution in [0, 0.1) is 0 Å². The second kappa shape index (κ2) is 8.41. The summed E-state index contributed by atoms with van der Waals surface area (Å²) in [6.07, 6.45) is 0. The van der Waals surface area contributed by atoms with Gasteiger partial charge in [0.25, 0.3) is 0 Å². The van der Waals surface area contributed by atoms with Gasteiger partial charge in [-0.2, -0.15) is 0 Å². The molecule has 5 nitrogen and oxygen atoms in total. The normalized spacial score (nSPS) is 10.4. The van der Waals surface area contributed by atoms with Crippen LogP contribution in [-0.4, -0.2) is 38.0 Å². The topological polar surface area (TPSA) is 67.4 Å². The molecule has 0 aliphatic carbocycles. The van der Waals surface area contributed by atoms with Crippen LogP contribution in [0.15, 0.2) is 47.4 Å². The van der Waals surface area contributed by atoms with Crippen molar-refractivity contribution in [1.82, 2.24) is 10.6 Å². The summed E-state index contributed by atoms with van der Waals surface area (Å²) in [6.45, 7) is 0.779. The van der Waals surface area contributed by atoms with E-state index in [9.17, 15) is 9.59 Å². The highest BCUT2D eigenvalue weighted by molar-refractivity contribution is 8.00. The standard InChI is InChI=1S/C16H18N2O3S/c1-21-9-8-17-16(20)18-15(19)11-22-14-7-6-12-4-2-3-5-13(12)10-14/h2-7,10H,8-9,11H2,1H3,(H2,17,18,19,20). The molecule has 0 bridgehead atoms. The molecule has 0 saturated heterocycles. The number of fused-ring (bicyclic) bond motifs is 1. The number of amides is 3. The van der Waals surface area contributed by atoms with Crippen molar-refractivity contribution in [3.05, 3.63) is 42.5 Å². The van der Waals surface area contributed by atoms with Crippen LogP contribution in [0.25, 0.3) is 10.8 Å². The highest BCUT2D eigenvalue weighted by atomic mass is 32.2. The van der Waals surface area contributed by atoms with Gasteiger partial charge in [0.2, 0.25) is 5.91 Å². The molecule has 2 aromatic carbocycles. The molecule has 0 fully saturated rings. The monoisotopic (exact) mass is 318 g/mol. The van der Waals surface area contributed by atoms with Crippen molar-refractivity contribution in [2.45, 2.75) is 4.90 Å². The van der Waals surface area contributed by atoms with E-state index in [1.165, 1.54) is 11.8 Å². The van der Waals surface area contributed by atoms with Crippen LogP contribution in [0.2, 0.25) is 0 Å². The Morgan fingerprint density at radius 1 is 1.14 bits per heavy atom. The number of rotatable bonds is 6. The number of methoxy groups -OCH3 is 1. The molecular formula is C16H18N2O3S. The predicted molar refractivity (Wildman–Crippen MR) is 88.1 cm³/mol. The Morgan fingerprint density at radius 3 is 2.68 bits per heavy atom. The molecule has 2 N–H and O–H groups in total. The van der Waals surface area contributed by atoms with Crippen LogP contribution < -0.4 is 10.6 Å². The van der Waals surface area contributed by atoms with Gasteiger partial charge in [0.05, 0.1) is 12.4 Å². The summed E-state index contributed by atoms with van der Waals surface area (Å²) >= 11 is 1.40. The molecule has 0 radical (unpaired) electrons. The first-order valence-corrected chi connectivity index (χ1v) is 7.86. The third-order valence-electron chi connectivity index (χ3n) is 2.94. The fourth-order valence-electron chi connectivity index (χ4n) is 1.88. The van der Waals surface area contributed by atoms with E-state index < -0.39 is 6.03 Å². The number of carbonyl (C=O) groups is 2. The minimum absolute atomic E-state index is 0.191. The fourth-order valence-corrected chi connectivity index (χ4v) is 2.62. The minimum Gasteiger partial charge on any atom is -0.383 e. The largest absolute Gasteiger partial charge is 0.383 e. The molecule has 6 heteroatoms. The number of thioether (sulfide) groups is 1. The van der Waals surface area contributed by atoms with E-state index in [0.29, 0.717) is 13.2 Å². The third kappa shape index (κ3) is 5.05. The summed E-state index contributed by atoms with van der Waals surface area (Å²) in [7, 11) is 1.55. The molecule has 0 aromatic heterocycles. The Morgan fingerprint density at radius 2 is 1.91 bits per heavy atom. The minimum atomic E-state index is -0.499. The predicted octanol–water partition coefficient (Wildman–Crippen LogP) is 2.40. The lowest BCUT2D eigenvalue weighted by atomic mass is 10.1. The highest BCUT2D eigenvalue weighted by Gasteiger charge is 2.08. The summed E-state index contributed by atoms with van der Waals surface area (Å²) in [5, 5.41) is 7.10. The number of imide groups is 1. The van der Waals surface area contributed by atoms with Crippen molar-refractivity contribution >= 4 is 34.5 Å². The average Bonchev–Trinajstić information content (AvgIpc) is 2.53. The molecule has 0 aliphatic heterocycles. The van der Waals surface area contributed by atoms with E-state index in [4.69, 9.17) is 4.74 Å². The van der Waals surface area contributed by atoms with Crippen molar-refractivity contribution in [2.75, 3.05) is 26.0 Å². The van der Waals surface area contributed by atoms with Gasteiger partial charge < -0.3 is 10.1 Å². The first-order chi connectivity index (χ1) is 10.7. The molecule has 22 heavy (non-hydrogen) atoms. The number of nitrogens with one attached hydrogen (secondary N) is 2. The Bertz CT molecular complexity index is 661. The number of hydrogen-bond donors (Lipinski definition) is 2. The number of urea groups is 1. The summed E-state index contributed by atoms with van der Waals surface area (Å²) < 4.78 is 4.81. The van der Waals surface area contributed by atoms with Gasteiger partial charge in [0.15, 0.2) is 0 Å². The van der Waals surface area contributed by atoms with Gasteiger partial charge >= 0.3 is 6.03 Å². The quantitative estimate of drug-likeness (QED) is 0.634. The van der Waals surface area contributed by atoms with Gasteiger partial charge in [-0.15, -0.1) is 11.8 Å². The molecule has 0 aliphatic rings. The summed E-state index contributed by atoms with van der Waals surface area (Å²) in [5.74, 6) is -0.135. The summed E-state index contributed by atoms with van der Waals surface area (Å²) in [4.78, 5) is 24.1. The molecule has 0 spiro atoms. The number of carbonyl (C=O) groups excluding carboxylic acids is 2. The number of benzene rings is 2. The zero-order valence-electron chi connectivity index (χ0n) is 12.3. The molecule has 116 valence electrons. The Hall–Kier alpha value is -2.05. The van der Waals surface area contributed by atoms with Crippen LogP contribution >= 0.6 is 11.8 Å². The van der Waals surface area contributed by atoms with Gasteiger partial charge in [-0.05, 0) is 22.9 Å². The van der Waals surface area contributed by atoms with Crippen LogP contribution in [0.5, 0.6) is 0 Å². The van der Waals surface area contributed by atoms with Crippen molar-refractivity contribution in [1.29, 1.82) is 0 Å². The smallest absolute Gasteiger partial charge is 0.321 e. The number of hydrogen-bond acceptors (Lipinski definition) is 4. The van der Waals surface area contributed by atoms with Crippen LogP contribution in [0.1, 0.15) is 0 Å². The second-order valence-corrected chi connectivity index (χ2v) is 5.64. The van der Waals surface area contributed by atoms with Gasteiger partial charge in [0.1, 0.15) is 0 Å². The van der Waals surface area contributed by atoms with Crippen molar-refractivity contribution in [2.24, 2.45) is 0 Å². The van der Waals surface area contributed by atoms with E-state index in [1.807, 2.05) is 42.5 Å². The first-order valence-electron chi connectivity index (χ1n) is 6.87. The van der Waals surface area contributed by atoms with Gasteiger partial charge in [-0.3, -0.25) is 10.1 Å². The van der Waals surface area contributed by atoms with E-state index >= 15 is 0 Å². The van der Waals surface area contributed by atoms with Gasteiger partial charge in [-0.1, -0.05) is 30.3 Å². The van der Waals surface area contributed by atoms with Crippen LogP contribution in [-0.2, 0) is 9.53 Å². The molecule has 3 amide bonds. The van der Waals surface area contributed by atoms with E-state index in [-0.39, 0.29) is 11.7 Å². The lowest BCUT2D eigenvalue weighted by molar-refractivity contribution is -0.117. The maximum absolute atomic E-state index is 11.7. The van der Waals surface area contributed by atoms with Crippen LogP contribution in [0.4, 0.5) is 4.79 Å². The SMILES string of the molecule is COCCNC(=O)NC(=O)CSc1ccc2ccccc2c1. The fraction of sp³-hybridized carbons (Fsp3) is 0.250. The molecule has 0 saturated carbocycles. The molecule has 0 atom stereocenters. The Labute approximate surface area is 133 Å². The lowest BCUT2D eigenvalue weighted by Crippen LogP contribution is -2.41. The second-order valence-electron chi connectivity index (χ2n) is 4.59. The Kier molecular flexibility index (Phi) is 6.24. The maximum Gasteiger partial charge on any atom is 0.321 e. The molecule has 2 rings (SSSR count). The summed E-state index contributed by atoms with van der Waals surface area (Å²) in [5.41, 5.74) is 0. The van der Waals surface area contributed by atoms with Crippen molar-refractivity contribution in [3.63, 3.8) is 0 Å². The number of ether oxygens (including phenoxy) is 1. The van der Waals surface area contributed by atoms with E-state index in [1.54, 1.807) is 7.11 Å². The zero-order valence-corrected chi connectivity index (χ0v) is 13.1. The van der Waals surface area contributed by atoms with Gasteiger partial charge in [-0.25, -0.2) is 4.79 Å². The first kappa shape index (κ1) is 16.3. The molecule has 2 aromatic rings. The molecule has 0 unspecified atom stereocenters. The van der Waals surface area contributed by atoms with E-state index in [0.717, 1.165) is 15.7 Å². The van der Waals surface area contributed by atoms with Crippen molar-refractivity contribution in [3.8, 4) is 0 Å². The van der Waals surface area contributed by atoms with Crippen LogP contribution in [0.3, 0.4) is 0 Å². The maximum atomic E-state index is 11.7. The molecule has 0 heterocycles.